The third kappa shape index (κ3) is 4.33. The Morgan fingerprint density at radius 1 is 1.07 bits per heavy atom. The zero-order valence-electron chi connectivity index (χ0n) is 14.7. The lowest BCUT2D eigenvalue weighted by molar-refractivity contribution is 0.0767. The fourth-order valence-electron chi connectivity index (χ4n) is 3.10. The highest BCUT2D eigenvalue weighted by atomic mass is 32.1. The second-order valence-electron chi connectivity index (χ2n) is 6.43. The Morgan fingerprint density at radius 2 is 1.93 bits per heavy atom. The third-order valence-corrected chi connectivity index (χ3v) is 6.21. The Balaban J connectivity index is 1.39. The summed E-state index contributed by atoms with van der Waals surface area (Å²) >= 11 is 3.11. The minimum atomic E-state index is -0.233. The molecule has 3 heterocycles. The normalized spacial score (nSPS) is 15.0. The first-order chi connectivity index (χ1) is 13.2. The van der Waals surface area contributed by atoms with Gasteiger partial charge in [0, 0.05) is 38.0 Å². The zero-order valence-corrected chi connectivity index (χ0v) is 16.3. The number of anilines is 1. The minimum Gasteiger partial charge on any atom is -0.345 e. The lowest BCUT2D eigenvalue weighted by Gasteiger charge is -2.21. The van der Waals surface area contributed by atoms with Gasteiger partial charge in [-0.1, -0.05) is 23.5 Å². The van der Waals surface area contributed by atoms with Crippen LogP contribution in [-0.4, -0.2) is 47.2 Å². The first-order valence-electron chi connectivity index (χ1n) is 8.82. The molecule has 1 aromatic carbocycles. The summed E-state index contributed by atoms with van der Waals surface area (Å²) in [6, 6.07) is 8.35. The van der Waals surface area contributed by atoms with Gasteiger partial charge in [-0.25, -0.2) is 4.39 Å². The quantitative estimate of drug-likeness (QED) is 0.668. The molecule has 0 N–H and O–H groups in total. The van der Waals surface area contributed by atoms with Gasteiger partial charge < -0.3 is 9.80 Å². The molecule has 4 rings (SSSR count). The molecule has 0 unspecified atom stereocenters. The van der Waals surface area contributed by atoms with Crippen molar-refractivity contribution in [3.05, 3.63) is 63.0 Å². The van der Waals surface area contributed by atoms with Crippen LogP contribution in [0, 0.1) is 5.82 Å². The fourth-order valence-corrected chi connectivity index (χ4v) is 4.66. The highest BCUT2D eigenvalue weighted by Crippen LogP contribution is 2.24. The van der Waals surface area contributed by atoms with Crippen LogP contribution in [0.2, 0.25) is 0 Å². The molecule has 1 aliphatic rings. The largest absolute Gasteiger partial charge is 0.345 e. The van der Waals surface area contributed by atoms with Gasteiger partial charge in [0.25, 0.3) is 5.91 Å². The first kappa shape index (κ1) is 18.1. The molecule has 2 aromatic heterocycles. The molecule has 5 nitrogen and oxygen atoms in total. The average molecular weight is 403 g/mol. The van der Waals surface area contributed by atoms with Gasteiger partial charge in [-0.15, -0.1) is 10.2 Å². The Hall–Kier alpha value is -2.32. The molecule has 0 radical (unpaired) electrons. The molecule has 0 bridgehead atoms. The van der Waals surface area contributed by atoms with Crippen molar-refractivity contribution >= 4 is 33.7 Å². The van der Waals surface area contributed by atoms with Crippen molar-refractivity contribution in [3.8, 4) is 0 Å². The van der Waals surface area contributed by atoms with E-state index in [0.717, 1.165) is 47.3 Å². The Bertz CT molecular complexity index is 895. The van der Waals surface area contributed by atoms with Crippen molar-refractivity contribution < 1.29 is 9.18 Å². The van der Waals surface area contributed by atoms with E-state index in [4.69, 9.17) is 0 Å². The number of halogens is 1. The van der Waals surface area contributed by atoms with E-state index in [1.54, 1.807) is 34.8 Å². The van der Waals surface area contributed by atoms with Crippen molar-refractivity contribution in [1.29, 1.82) is 0 Å². The lowest BCUT2D eigenvalue weighted by Crippen LogP contribution is -2.35. The second kappa shape index (κ2) is 8.14. The SMILES string of the molecule is O=C(c1ccsc1)N1CCCN(c2nnc(Cc3ccc(F)cc3)s2)CC1. The summed E-state index contributed by atoms with van der Waals surface area (Å²) in [7, 11) is 0. The molecule has 0 spiro atoms. The molecule has 8 heteroatoms. The van der Waals surface area contributed by atoms with E-state index in [2.05, 4.69) is 15.1 Å². The second-order valence-corrected chi connectivity index (χ2v) is 8.25. The van der Waals surface area contributed by atoms with E-state index >= 15 is 0 Å². The molecule has 140 valence electrons. The number of thiophene rings is 1. The van der Waals surface area contributed by atoms with Crippen molar-refractivity contribution in [3.63, 3.8) is 0 Å². The van der Waals surface area contributed by atoms with Gasteiger partial charge in [-0.3, -0.25) is 4.79 Å². The smallest absolute Gasteiger partial charge is 0.254 e. The summed E-state index contributed by atoms with van der Waals surface area (Å²) in [5, 5.41) is 14.2. The van der Waals surface area contributed by atoms with E-state index in [0.29, 0.717) is 13.0 Å². The van der Waals surface area contributed by atoms with Gasteiger partial charge in [0.2, 0.25) is 5.13 Å². The van der Waals surface area contributed by atoms with Crippen molar-refractivity contribution in [2.24, 2.45) is 0 Å². The van der Waals surface area contributed by atoms with Crippen LogP contribution in [0.3, 0.4) is 0 Å². The number of hydrogen-bond donors (Lipinski definition) is 0. The molecule has 1 fully saturated rings. The summed E-state index contributed by atoms with van der Waals surface area (Å²) < 4.78 is 13.0. The summed E-state index contributed by atoms with van der Waals surface area (Å²) in [6.07, 6.45) is 1.55. The van der Waals surface area contributed by atoms with Crippen LogP contribution in [-0.2, 0) is 6.42 Å². The van der Waals surface area contributed by atoms with Crippen LogP contribution in [0.4, 0.5) is 9.52 Å². The van der Waals surface area contributed by atoms with E-state index in [-0.39, 0.29) is 11.7 Å². The van der Waals surface area contributed by atoms with Gasteiger partial charge in [-0.2, -0.15) is 11.3 Å². The summed E-state index contributed by atoms with van der Waals surface area (Å²) in [6.45, 7) is 3.05. The van der Waals surface area contributed by atoms with E-state index in [1.165, 1.54) is 12.1 Å². The molecule has 0 aliphatic carbocycles. The number of rotatable bonds is 4. The van der Waals surface area contributed by atoms with E-state index < -0.39 is 0 Å². The summed E-state index contributed by atoms with van der Waals surface area (Å²) in [5.41, 5.74) is 1.79. The number of aromatic nitrogens is 2. The van der Waals surface area contributed by atoms with Crippen LogP contribution in [0.25, 0.3) is 0 Å². The zero-order chi connectivity index (χ0) is 18.6. The van der Waals surface area contributed by atoms with Gasteiger partial charge in [-0.05, 0) is 35.6 Å². The first-order valence-corrected chi connectivity index (χ1v) is 10.6. The molecule has 0 saturated carbocycles. The monoisotopic (exact) mass is 402 g/mol. The third-order valence-electron chi connectivity index (χ3n) is 4.55. The van der Waals surface area contributed by atoms with Crippen LogP contribution in [0.5, 0.6) is 0 Å². The van der Waals surface area contributed by atoms with Gasteiger partial charge in [0.15, 0.2) is 0 Å². The van der Waals surface area contributed by atoms with Crippen LogP contribution >= 0.6 is 22.7 Å². The van der Waals surface area contributed by atoms with E-state index in [9.17, 15) is 9.18 Å². The average Bonchev–Trinajstić information content (AvgIpc) is 3.31. The summed E-state index contributed by atoms with van der Waals surface area (Å²) in [5.74, 6) is -0.129. The molecule has 3 aromatic rings. The maximum absolute atomic E-state index is 13.0. The molecular formula is C19H19FN4OS2. The Morgan fingerprint density at radius 3 is 2.70 bits per heavy atom. The molecule has 0 atom stereocenters. The number of hydrogen-bond acceptors (Lipinski definition) is 6. The Kier molecular flexibility index (Phi) is 5.45. The molecular weight excluding hydrogens is 383 g/mol. The summed E-state index contributed by atoms with van der Waals surface area (Å²) in [4.78, 5) is 16.7. The van der Waals surface area contributed by atoms with E-state index in [1.807, 2.05) is 21.7 Å². The van der Waals surface area contributed by atoms with Crippen molar-refractivity contribution in [2.45, 2.75) is 12.8 Å². The fraction of sp³-hybridized carbons (Fsp3) is 0.316. The molecule has 1 amide bonds. The van der Waals surface area contributed by atoms with Crippen molar-refractivity contribution in [1.82, 2.24) is 15.1 Å². The highest BCUT2D eigenvalue weighted by Gasteiger charge is 2.22. The number of nitrogens with zero attached hydrogens (tertiary/aromatic N) is 4. The standard InChI is InChI=1S/C19H19FN4OS2/c20-16-4-2-14(3-5-16)12-17-21-22-19(27-17)24-8-1-7-23(9-10-24)18(25)15-6-11-26-13-15/h2-6,11,13H,1,7-10,12H2. The number of amides is 1. The number of carbonyl (C=O) groups is 1. The topological polar surface area (TPSA) is 49.3 Å². The maximum Gasteiger partial charge on any atom is 0.254 e. The lowest BCUT2D eigenvalue weighted by atomic mass is 10.2. The van der Waals surface area contributed by atoms with Gasteiger partial charge >= 0.3 is 0 Å². The molecule has 27 heavy (non-hydrogen) atoms. The minimum absolute atomic E-state index is 0.104. The maximum atomic E-state index is 13.0. The van der Waals surface area contributed by atoms with Crippen LogP contribution in [0.1, 0.15) is 27.3 Å². The molecule has 1 saturated heterocycles. The van der Waals surface area contributed by atoms with Crippen LogP contribution in [0.15, 0.2) is 41.1 Å². The molecule has 1 aliphatic heterocycles. The van der Waals surface area contributed by atoms with Gasteiger partial charge in [0.05, 0.1) is 5.56 Å². The van der Waals surface area contributed by atoms with Crippen LogP contribution < -0.4 is 4.90 Å². The highest BCUT2D eigenvalue weighted by molar-refractivity contribution is 7.15. The number of benzene rings is 1. The Labute approximate surface area is 165 Å². The number of carbonyl (C=O) groups excluding carboxylic acids is 1. The van der Waals surface area contributed by atoms with Gasteiger partial charge in [0.1, 0.15) is 10.8 Å². The predicted molar refractivity (Wildman–Crippen MR) is 106 cm³/mol. The van der Waals surface area contributed by atoms with Crippen molar-refractivity contribution in [2.75, 3.05) is 31.1 Å². The predicted octanol–water partition coefficient (Wildman–Crippen LogP) is 3.68.